The zero-order valence-electron chi connectivity index (χ0n) is 18.3. The van der Waals surface area contributed by atoms with E-state index in [0.29, 0.717) is 31.6 Å². The highest BCUT2D eigenvalue weighted by Gasteiger charge is 2.34. The molecule has 1 N–H and O–H groups in total. The zero-order valence-corrected chi connectivity index (χ0v) is 18.3. The number of nitrogens with one attached hydrogen (secondary N) is 1. The normalized spacial score (nSPS) is 20.0. The summed E-state index contributed by atoms with van der Waals surface area (Å²) in [4.78, 5) is 15.3. The van der Waals surface area contributed by atoms with E-state index >= 15 is 0 Å². The zero-order chi connectivity index (χ0) is 20.6. The number of hydrogen-bond donors (Lipinski definition) is 1. The number of carbonyl (C=O) groups is 1. The van der Waals surface area contributed by atoms with Crippen molar-refractivity contribution in [2.75, 3.05) is 31.6 Å². The van der Waals surface area contributed by atoms with Crippen molar-refractivity contribution in [2.24, 2.45) is 5.92 Å². The minimum absolute atomic E-state index is 0.101. The molecule has 28 heavy (non-hydrogen) atoms. The highest BCUT2D eigenvalue weighted by molar-refractivity contribution is 5.97. The first-order valence-corrected chi connectivity index (χ1v) is 10.8. The summed E-state index contributed by atoms with van der Waals surface area (Å²) in [7, 11) is 0. The lowest BCUT2D eigenvalue weighted by molar-refractivity contribution is -0.140. The summed E-state index contributed by atoms with van der Waals surface area (Å²) in [5.41, 5.74) is -0.0554. The maximum atomic E-state index is 12.7. The van der Waals surface area contributed by atoms with Crippen LogP contribution in [0.3, 0.4) is 0 Å². The van der Waals surface area contributed by atoms with Gasteiger partial charge in [0.05, 0.1) is 0 Å². The summed E-state index contributed by atoms with van der Waals surface area (Å²) in [5, 5.41) is 2.99. The van der Waals surface area contributed by atoms with E-state index in [2.05, 4.69) is 31.0 Å². The molecule has 1 fully saturated rings. The first-order chi connectivity index (χ1) is 13.3. The molecule has 1 aliphatic rings. The number of hydrogen-bond acceptors (Lipinski definition) is 4. The summed E-state index contributed by atoms with van der Waals surface area (Å²) in [6.07, 6.45) is 4.59. The highest BCUT2D eigenvalue weighted by atomic mass is 16.5. The standard InChI is InChI=1S/C23H38N2O3/c1-6-28-23(5,17-18(2)3)22(26)24-20-10-12-21(13-11-20)27-16-15-25-14-8-7-9-19(25)4/h10-13,18-19H,6-9,14-17H2,1-5H3,(H,24,26)/t19-,23+/m1/s1. The van der Waals surface area contributed by atoms with Crippen LogP contribution >= 0.6 is 0 Å². The summed E-state index contributed by atoms with van der Waals surface area (Å²) < 4.78 is 11.7. The molecule has 0 aromatic heterocycles. The molecule has 0 radical (unpaired) electrons. The fourth-order valence-electron chi connectivity index (χ4n) is 3.98. The number of piperidine rings is 1. The van der Waals surface area contributed by atoms with Crippen LogP contribution in [0.5, 0.6) is 5.75 Å². The maximum absolute atomic E-state index is 12.7. The van der Waals surface area contributed by atoms with Gasteiger partial charge in [-0.2, -0.15) is 0 Å². The van der Waals surface area contributed by atoms with E-state index in [-0.39, 0.29) is 5.91 Å². The number of likely N-dealkylation sites (tertiary alicyclic amines) is 1. The van der Waals surface area contributed by atoms with Crippen LogP contribution in [0.4, 0.5) is 5.69 Å². The molecule has 1 aromatic carbocycles. The molecule has 0 bridgehead atoms. The van der Waals surface area contributed by atoms with Crippen LogP contribution < -0.4 is 10.1 Å². The number of rotatable bonds is 10. The number of nitrogens with zero attached hydrogens (tertiary/aromatic N) is 1. The molecule has 0 saturated carbocycles. The van der Waals surface area contributed by atoms with Crippen LogP contribution in [-0.2, 0) is 9.53 Å². The summed E-state index contributed by atoms with van der Waals surface area (Å²) >= 11 is 0. The fraction of sp³-hybridized carbons (Fsp3) is 0.696. The molecule has 0 spiro atoms. The predicted molar refractivity (Wildman–Crippen MR) is 115 cm³/mol. The van der Waals surface area contributed by atoms with Gasteiger partial charge in [-0.3, -0.25) is 9.69 Å². The van der Waals surface area contributed by atoms with Gasteiger partial charge in [-0.05, 0) is 76.8 Å². The topological polar surface area (TPSA) is 50.8 Å². The van der Waals surface area contributed by atoms with Crippen molar-refractivity contribution in [1.82, 2.24) is 4.90 Å². The SMILES string of the molecule is CCO[C@@](C)(CC(C)C)C(=O)Nc1ccc(OCCN2CCCC[C@H]2C)cc1. The number of carbonyl (C=O) groups excluding carboxylic acids is 1. The molecule has 5 heteroatoms. The summed E-state index contributed by atoms with van der Waals surface area (Å²) in [5.74, 6) is 1.11. The molecule has 2 rings (SSSR count). The number of amides is 1. The van der Waals surface area contributed by atoms with Crippen molar-refractivity contribution < 1.29 is 14.3 Å². The second-order valence-electron chi connectivity index (χ2n) is 8.47. The average molecular weight is 391 g/mol. The maximum Gasteiger partial charge on any atom is 0.256 e. The van der Waals surface area contributed by atoms with Crippen LogP contribution in [0.15, 0.2) is 24.3 Å². The van der Waals surface area contributed by atoms with E-state index in [1.165, 1.54) is 25.8 Å². The molecule has 1 aromatic rings. The van der Waals surface area contributed by atoms with Crippen molar-refractivity contribution in [3.8, 4) is 5.75 Å². The van der Waals surface area contributed by atoms with Gasteiger partial charge in [0.1, 0.15) is 18.0 Å². The third-order valence-corrected chi connectivity index (χ3v) is 5.44. The Balaban J connectivity index is 1.84. The lowest BCUT2D eigenvalue weighted by Gasteiger charge is -2.33. The minimum Gasteiger partial charge on any atom is -0.492 e. The lowest BCUT2D eigenvalue weighted by Crippen LogP contribution is -2.43. The Labute approximate surface area is 170 Å². The molecule has 0 unspecified atom stereocenters. The van der Waals surface area contributed by atoms with Gasteiger partial charge >= 0.3 is 0 Å². The Bertz CT molecular complexity index is 602. The van der Waals surface area contributed by atoms with E-state index in [9.17, 15) is 4.79 Å². The molecular formula is C23H38N2O3. The van der Waals surface area contributed by atoms with E-state index in [4.69, 9.17) is 9.47 Å². The smallest absolute Gasteiger partial charge is 0.256 e. The Hall–Kier alpha value is -1.59. The van der Waals surface area contributed by atoms with Gasteiger partial charge in [0.2, 0.25) is 0 Å². The molecule has 2 atom stereocenters. The molecular weight excluding hydrogens is 352 g/mol. The van der Waals surface area contributed by atoms with E-state index in [1.807, 2.05) is 38.1 Å². The highest BCUT2D eigenvalue weighted by Crippen LogP contribution is 2.24. The minimum atomic E-state index is -0.816. The molecule has 158 valence electrons. The molecule has 1 heterocycles. The third kappa shape index (κ3) is 6.78. The second-order valence-corrected chi connectivity index (χ2v) is 8.47. The van der Waals surface area contributed by atoms with Gasteiger partial charge in [-0.15, -0.1) is 0 Å². The summed E-state index contributed by atoms with van der Waals surface area (Å²) in [6.45, 7) is 13.6. The van der Waals surface area contributed by atoms with Gasteiger partial charge < -0.3 is 14.8 Å². The Kier molecular flexibility index (Phi) is 8.77. The number of ether oxygens (including phenoxy) is 2. The molecule has 1 amide bonds. The van der Waals surface area contributed by atoms with E-state index < -0.39 is 5.60 Å². The van der Waals surface area contributed by atoms with Crippen molar-refractivity contribution in [3.05, 3.63) is 24.3 Å². The van der Waals surface area contributed by atoms with Crippen molar-refractivity contribution in [2.45, 2.75) is 71.9 Å². The first-order valence-electron chi connectivity index (χ1n) is 10.8. The van der Waals surface area contributed by atoms with Gasteiger partial charge in [-0.1, -0.05) is 20.3 Å². The Morgan fingerprint density at radius 3 is 2.61 bits per heavy atom. The Morgan fingerprint density at radius 2 is 2.00 bits per heavy atom. The van der Waals surface area contributed by atoms with Gasteiger partial charge in [0.15, 0.2) is 0 Å². The van der Waals surface area contributed by atoms with Crippen molar-refractivity contribution >= 4 is 11.6 Å². The van der Waals surface area contributed by atoms with Crippen molar-refractivity contribution in [1.29, 1.82) is 0 Å². The quantitative estimate of drug-likeness (QED) is 0.628. The molecule has 1 aliphatic heterocycles. The fourth-order valence-corrected chi connectivity index (χ4v) is 3.98. The van der Waals surface area contributed by atoms with Gasteiger partial charge in [-0.25, -0.2) is 0 Å². The van der Waals surface area contributed by atoms with Crippen LogP contribution in [0, 0.1) is 5.92 Å². The van der Waals surface area contributed by atoms with E-state index in [0.717, 1.165) is 18.0 Å². The second kappa shape index (κ2) is 10.8. The van der Waals surface area contributed by atoms with E-state index in [1.54, 1.807) is 0 Å². The largest absolute Gasteiger partial charge is 0.492 e. The van der Waals surface area contributed by atoms with Crippen molar-refractivity contribution in [3.63, 3.8) is 0 Å². The van der Waals surface area contributed by atoms with Crippen LogP contribution in [-0.4, -0.2) is 48.8 Å². The Morgan fingerprint density at radius 1 is 1.29 bits per heavy atom. The first kappa shape index (κ1) is 22.7. The number of benzene rings is 1. The van der Waals surface area contributed by atoms with Gasteiger partial charge in [0, 0.05) is 24.9 Å². The van der Waals surface area contributed by atoms with Crippen LogP contribution in [0.1, 0.15) is 60.3 Å². The predicted octanol–water partition coefficient (Wildman–Crippen LogP) is 4.72. The third-order valence-electron chi connectivity index (χ3n) is 5.44. The van der Waals surface area contributed by atoms with Gasteiger partial charge in [0.25, 0.3) is 5.91 Å². The van der Waals surface area contributed by atoms with Crippen LogP contribution in [0.25, 0.3) is 0 Å². The summed E-state index contributed by atoms with van der Waals surface area (Å²) in [6, 6.07) is 8.25. The average Bonchev–Trinajstić information content (AvgIpc) is 2.64. The van der Waals surface area contributed by atoms with Crippen LogP contribution in [0.2, 0.25) is 0 Å². The monoisotopic (exact) mass is 390 g/mol. The molecule has 5 nitrogen and oxygen atoms in total. The number of anilines is 1. The molecule has 1 saturated heterocycles. The lowest BCUT2D eigenvalue weighted by atomic mass is 9.93. The molecule has 0 aliphatic carbocycles.